The predicted molar refractivity (Wildman–Crippen MR) is 82.2 cm³/mol. The van der Waals surface area contributed by atoms with Crippen molar-refractivity contribution in [1.29, 1.82) is 0 Å². The van der Waals surface area contributed by atoms with E-state index in [-0.39, 0.29) is 12.5 Å². The fraction of sp³-hybridized carbons (Fsp3) is 0.600. The third kappa shape index (κ3) is 4.41. The number of rotatable bonds is 6. The highest BCUT2D eigenvalue weighted by molar-refractivity contribution is 5.78. The summed E-state index contributed by atoms with van der Waals surface area (Å²) in [5, 5.41) is 8.96. The van der Waals surface area contributed by atoms with Gasteiger partial charge in [-0.05, 0) is 19.1 Å². The molecule has 21 heavy (non-hydrogen) atoms. The Balaban J connectivity index is 1.80. The summed E-state index contributed by atoms with van der Waals surface area (Å²) in [4.78, 5) is 22.6. The summed E-state index contributed by atoms with van der Waals surface area (Å²) in [6.45, 7) is 6.95. The van der Waals surface area contributed by atoms with Crippen LogP contribution in [-0.2, 0) is 4.79 Å². The van der Waals surface area contributed by atoms with Gasteiger partial charge >= 0.3 is 0 Å². The minimum Gasteiger partial charge on any atom is -0.395 e. The summed E-state index contributed by atoms with van der Waals surface area (Å²) in [5.74, 6) is 1.09. The van der Waals surface area contributed by atoms with Crippen LogP contribution in [0, 0.1) is 0 Å². The van der Waals surface area contributed by atoms with Crippen molar-refractivity contribution in [2.75, 3.05) is 57.3 Å². The summed E-state index contributed by atoms with van der Waals surface area (Å²) < 4.78 is 0. The SMILES string of the molecule is CCN(CCO)C(=O)CN1CCN(c2ccccn2)CC1. The molecule has 0 aliphatic carbocycles. The number of aliphatic hydroxyl groups is 1. The first-order valence-electron chi connectivity index (χ1n) is 7.51. The van der Waals surface area contributed by atoms with Crippen LogP contribution < -0.4 is 4.90 Å². The smallest absolute Gasteiger partial charge is 0.236 e. The van der Waals surface area contributed by atoms with Crippen LogP contribution in [0.15, 0.2) is 24.4 Å². The van der Waals surface area contributed by atoms with Gasteiger partial charge < -0.3 is 14.9 Å². The van der Waals surface area contributed by atoms with E-state index in [1.54, 1.807) is 11.1 Å². The molecule has 2 rings (SSSR count). The van der Waals surface area contributed by atoms with Crippen LogP contribution >= 0.6 is 0 Å². The van der Waals surface area contributed by atoms with Gasteiger partial charge in [0.15, 0.2) is 0 Å². The van der Waals surface area contributed by atoms with Gasteiger partial charge in [0.2, 0.25) is 5.91 Å². The Bertz CT molecular complexity index is 433. The molecule has 1 aliphatic rings. The Morgan fingerprint density at radius 3 is 2.67 bits per heavy atom. The first kappa shape index (κ1) is 15.7. The Morgan fingerprint density at radius 2 is 2.10 bits per heavy atom. The molecule has 1 amide bonds. The molecule has 6 heteroatoms. The summed E-state index contributed by atoms with van der Waals surface area (Å²) in [6.07, 6.45) is 1.80. The lowest BCUT2D eigenvalue weighted by Gasteiger charge is -2.35. The zero-order chi connectivity index (χ0) is 15.1. The van der Waals surface area contributed by atoms with Crippen molar-refractivity contribution in [2.24, 2.45) is 0 Å². The number of nitrogens with zero attached hydrogens (tertiary/aromatic N) is 4. The zero-order valence-corrected chi connectivity index (χ0v) is 12.6. The second-order valence-corrected chi connectivity index (χ2v) is 5.15. The van der Waals surface area contributed by atoms with Crippen LogP contribution in [0.3, 0.4) is 0 Å². The number of carbonyl (C=O) groups is 1. The van der Waals surface area contributed by atoms with Gasteiger partial charge in [-0.2, -0.15) is 0 Å². The van der Waals surface area contributed by atoms with Gasteiger partial charge in [0.25, 0.3) is 0 Å². The first-order valence-corrected chi connectivity index (χ1v) is 7.51. The highest BCUT2D eigenvalue weighted by atomic mass is 16.3. The lowest BCUT2D eigenvalue weighted by molar-refractivity contribution is -0.132. The number of carbonyl (C=O) groups excluding carboxylic acids is 1. The third-order valence-corrected chi connectivity index (χ3v) is 3.81. The molecule has 1 saturated heterocycles. The summed E-state index contributed by atoms with van der Waals surface area (Å²) in [5.41, 5.74) is 0. The molecule has 1 aromatic rings. The minimum absolute atomic E-state index is 0.0209. The Morgan fingerprint density at radius 1 is 1.33 bits per heavy atom. The van der Waals surface area contributed by atoms with Crippen LogP contribution in [0.25, 0.3) is 0 Å². The number of anilines is 1. The molecule has 0 bridgehead atoms. The van der Waals surface area contributed by atoms with E-state index in [1.165, 1.54) is 0 Å². The molecule has 0 saturated carbocycles. The largest absolute Gasteiger partial charge is 0.395 e. The molecule has 116 valence electrons. The van der Waals surface area contributed by atoms with E-state index in [0.29, 0.717) is 19.6 Å². The number of likely N-dealkylation sites (N-methyl/N-ethyl adjacent to an activating group) is 1. The molecule has 0 unspecified atom stereocenters. The molecule has 0 radical (unpaired) electrons. The quantitative estimate of drug-likeness (QED) is 0.802. The number of aliphatic hydroxyl groups excluding tert-OH is 1. The van der Waals surface area contributed by atoms with Crippen LogP contribution in [0.1, 0.15) is 6.92 Å². The van der Waals surface area contributed by atoms with Crippen LogP contribution in [-0.4, -0.2) is 78.2 Å². The van der Waals surface area contributed by atoms with Gasteiger partial charge in [-0.3, -0.25) is 9.69 Å². The van der Waals surface area contributed by atoms with Crippen molar-refractivity contribution >= 4 is 11.7 Å². The summed E-state index contributed by atoms with van der Waals surface area (Å²) in [6, 6.07) is 5.92. The minimum atomic E-state index is 0.0209. The number of piperazine rings is 1. The van der Waals surface area contributed by atoms with E-state index in [9.17, 15) is 4.79 Å². The number of hydrogen-bond acceptors (Lipinski definition) is 5. The average molecular weight is 292 g/mol. The van der Waals surface area contributed by atoms with Crippen molar-refractivity contribution in [3.63, 3.8) is 0 Å². The maximum Gasteiger partial charge on any atom is 0.236 e. The molecule has 2 heterocycles. The topological polar surface area (TPSA) is 59.9 Å². The fourth-order valence-corrected chi connectivity index (χ4v) is 2.55. The molecule has 1 fully saturated rings. The van der Waals surface area contributed by atoms with E-state index in [0.717, 1.165) is 32.0 Å². The Kier molecular flexibility index (Phi) is 5.95. The molecular weight excluding hydrogens is 268 g/mol. The molecule has 6 nitrogen and oxygen atoms in total. The van der Waals surface area contributed by atoms with Crippen LogP contribution in [0.2, 0.25) is 0 Å². The molecule has 1 N–H and O–H groups in total. The Labute approximate surface area is 126 Å². The molecule has 1 aliphatic heterocycles. The maximum atomic E-state index is 12.1. The lowest BCUT2D eigenvalue weighted by atomic mass is 10.3. The fourth-order valence-electron chi connectivity index (χ4n) is 2.55. The molecule has 1 aromatic heterocycles. The number of pyridine rings is 1. The van der Waals surface area contributed by atoms with E-state index in [1.807, 2.05) is 25.1 Å². The van der Waals surface area contributed by atoms with Gasteiger partial charge in [-0.25, -0.2) is 4.98 Å². The van der Waals surface area contributed by atoms with E-state index in [2.05, 4.69) is 14.8 Å². The number of aromatic nitrogens is 1. The third-order valence-electron chi connectivity index (χ3n) is 3.81. The van der Waals surface area contributed by atoms with Crippen molar-refractivity contribution < 1.29 is 9.90 Å². The van der Waals surface area contributed by atoms with Crippen molar-refractivity contribution in [3.8, 4) is 0 Å². The number of amides is 1. The maximum absolute atomic E-state index is 12.1. The van der Waals surface area contributed by atoms with Gasteiger partial charge in [0.05, 0.1) is 13.2 Å². The Hall–Kier alpha value is -1.66. The van der Waals surface area contributed by atoms with Gasteiger partial charge in [-0.15, -0.1) is 0 Å². The monoisotopic (exact) mass is 292 g/mol. The lowest BCUT2D eigenvalue weighted by Crippen LogP contribution is -2.50. The normalized spacial score (nSPS) is 16.0. The van der Waals surface area contributed by atoms with Crippen LogP contribution in [0.5, 0.6) is 0 Å². The molecule has 0 spiro atoms. The van der Waals surface area contributed by atoms with E-state index < -0.39 is 0 Å². The van der Waals surface area contributed by atoms with Crippen LogP contribution in [0.4, 0.5) is 5.82 Å². The van der Waals surface area contributed by atoms with Crippen molar-refractivity contribution in [2.45, 2.75) is 6.92 Å². The summed E-state index contributed by atoms with van der Waals surface area (Å²) >= 11 is 0. The number of hydrogen-bond donors (Lipinski definition) is 1. The predicted octanol–water partition coefficient (Wildman–Crippen LogP) is 0.0444. The highest BCUT2D eigenvalue weighted by Crippen LogP contribution is 2.12. The second kappa shape index (κ2) is 7.95. The second-order valence-electron chi connectivity index (χ2n) is 5.15. The molecule has 0 aromatic carbocycles. The zero-order valence-electron chi connectivity index (χ0n) is 12.6. The average Bonchev–Trinajstić information content (AvgIpc) is 2.54. The molecule has 0 atom stereocenters. The van der Waals surface area contributed by atoms with Crippen molar-refractivity contribution in [1.82, 2.24) is 14.8 Å². The van der Waals surface area contributed by atoms with E-state index >= 15 is 0 Å². The highest BCUT2D eigenvalue weighted by Gasteiger charge is 2.21. The van der Waals surface area contributed by atoms with Gasteiger partial charge in [-0.1, -0.05) is 6.07 Å². The van der Waals surface area contributed by atoms with E-state index in [4.69, 9.17) is 5.11 Å². The first-order chi connectivity index (χ1) is 10.2. The standard InChI is InChI=1S/C15H24N4O2/c1-2-18(11-12-20)15(21)13-17-7-9-19(10-8-17)14-5-3-4-6-16-14/h3-6,20H,2,7-13H2,1H3. The van der Waals surface area contributed by atoms with Gasteiger partial charge in [0.1, 0.15) is 5.82 Å². The van der Waals surface area contributed by atoms with Crippen molar-refractivity contribution in [3.05, 3.63) is 24.4 Å². The summed E-state index contributed by atoms with van der Waals surface area (Å²) in [7, 11) is 0. The van der Waals surface area contributed by atoms with Gasteiger partial charge in [0, 0.05) is 45.5 Å². The molecular formula is C15H24N4O2.